The van der Waals surface area contributed by atoms with Crippen molar-refractivity contribution in [1.29, 1.82) is 0 Å². The van der Waals surface area contributed by atoms with Crippen LogP contribution in [0.3, 0.4) is 0 Å². The number of likely N-dealkylation sites (N-methyl/N-ethyl adjacent to an activating group) is 1. The summed E-state index contributed by atoms with van der Waals surface area (Å²) in [6.45, 7) is 3.88. The van der Waals surface area contributed by atoms with Gasteiger partial charge in [0.05, 0.1) is 17.6 Å². The third kappa shape index (κ3) is 5.43. The first-order chi connectivity index (χ1) is 15.9. The van der Waals surface area contributed by atoms with E-state index in [0.717, 1.165) is 44.3 Å². The third-order valence-corrected chi connectivity index (χ3v) is 6.36. The lowest BCUT2D eigenvalue weighted by Gasteiger charge is -2.18. The zero-order chi connectivity index (χ0) is 23.4. The Labute approximate surface area is 197 Å². The predicted octanol–water partition coefficient (Wildman–Crippen LogP) is 5.18. The van der Waals surface area contributed by atoms with Gasteiger partial charge in [0, 0.05) is 24.1 Å². The number of anilines is 1. The summed E-state index contributed by atoms with van der Waals surface area (Å²) in [5.41, 5.74) is 6.40. The van der Waals surface area contributed by atoms with E-state index in [9.17, 15) is 9.59 Å². The number of aromatic nitrogens is 2. The minimum Gasteiger partial charge on any atom is -0.333 e. The number of rotatable bonds is 7. The van der Waals surface area contributed by atoms with Crippen LogP contribution < -0.4 is 5.32 Å². The maximum absolute atomic E-state index is 12.8. The van der Waals surface area contributed by atoms with Gasteiger partial charge in [-0.25, -0.2) is 4.98 Å². The number of nitrogens with zero attached hydrogens (tertiary/aromatic N) is 2. The fourth-order valence-corrected chi connectivity index (χ4v) is 4.43. The molecule has 1 heterocycles. The summed E-state index contributed by atoms with van der Waals surface area (Å²) in [4.78, 5) is 34.6. The summed E-state index contributed by atoms with van der Waals surface area (Å²) in [5.74, 6) is 0.327. The Morgan fingerprint density at radius 1 is 0.970 bits per heavy atom. The second-order valence-corrected chi connectivity index (χ2v) is 8.98. The molecule has 0 saturated carbocycles. The van der Waals surface area contributed by atoms with Crippen LogP contribution in [0.15, 0.2) is 71.9 Å². The summed E-state index contributed by atoms with van der Waals surface area (Å²) in [5, 5.41) is 3.79. The normalized spacial score (nSPS) is 10.9. The largest absolute Gasteiger partial charge is 0.333 e. The van der Waals surface area contributed by atoms with E-state index in [0.29, 0.717) is 5.56 Å². The molecule has 168 valence electrons. The molecule has 7 heteroatoms. The lowest BCUT2D eigenvalue weighted by molar-refractivity contribution is -0.116. The number of aromatic amines is 1. The Kier molecular flexibility index (Phi) is 6.79. The Hall–Kier alpha value is -3.58. The van der Waals surface area contributed by atoms with Crippen LogP contribution in [-0.2, 0) is 10.5 Å². The van der Waals surface area contributed by atoms with E-state index in [2.05, 4.69) is 15.3 Å². The highest BCUT2D eigenvalue weighted by Crippen LogP contribution is 2.23. The van der Waals surface area contributed by atoms with E-state index in [4.69, 9.17) is 0 Å². The average molecular weight is 459 g/mol. The van der Waals surface area contributed by atoms with E-state index in [-0.39, 0.29) is 18.4 Å². The maximum Gasteiger partial charge on any atom is 0.254 e. The predicted molar refractivity (Wildman–Crippen MR) is 134 cm³/mol. The molecule has 0 spiro atoms. The van der Waals surface area contributed by atoms with Crippen molar-refractivity contribution < 1.29 is 9.59 Å². The lowest BCUT2D eigenvalue weighted by Crippen LogP contribution is -2.35. The summed E-state index contributed by atoms with van der Waals surface area (Å²) in [7, 11) is 1.64. The molecule has 4 rings (SSSR count). The van der Waals surface area contributed by atoms with Gasteiger partial charge in [-0.15, -0.1) is 0 Å². The van der Waals surface area contributed by atoms with E-state index >= 15 is 0 Å². The number of carbonyl (C=O) groups is 2. The minimum atomic E-state index is -0.220. The molecule has 3 aromatic carbocycles. The molecule has 0 aliphatic heterocycles. The number of carbonyl (C=O) groups excluding carboxylic acids is 2. The number of aryl methyl sites for hydroxylation is 2. The number of thioether (sulfide) groups is 1. The van der Waals surface area contributed by atoms with Crippen molar-refractivity contribution in [2.24, 2.45) is 0 Å². The SMILES string of the molecule is Cc1cccc(C)c1NC(=O)CN(C)C(=O)c1ccc(CSc2nc3ccccc3[nH]2)cc1. The minimum absolute atomic E-state index is 0.0176. The summed E-state index contributed by atoms with van der Waals surface area (Å²) in [6, 6.07) is 21.3. The van der Waals surface area contributed by atoms with Gasteiger partial charge in [0.2, 0.25) is 5.91 Å². The average Bonchev–Trinajstić information content (AvgIpc) is 3.23. The summed E-state index contributed by atoms with van der Waals surface area (Å²) < 4.78 is 0. The highest BCUT2D eigenvalue weighted by atomic mass is 32.2. The number of H-pyrrole nitrogens is 1. The molecule has 33 heavy (non-hydrogen) atoms. The molecule has 0 bridgehead atoms. The maximum atomic E-state index is 12.8. The zero-order valence-electron chi connectivity index (χ0n) is 18.9. The number of hydrogen-bond acceptors (Lipinski definition) is 4. The van der Waals surface area contributed by atoms with Gasteiger partial charge in [-0.05, 0) is 54.8 Å². The molecule has 0 unspecified atom stereocenters. The fraction of sp³-hybridized carbons (Fsp3) is 0.192. The molecule has 6 nitrogen and oxygen atoms in total. The fourth-order valence-electron chi connectivity index (χ4n) is 3.59. The van der Waals surface area contributed by atoms with Crippen LogP contribution in [0.4, 0.5) is 5.69 Å². The molecule has 0 aliphatic rings. The van der Waals surface area contributed by atoms with Gasteiger partial charge in [0.1, 0.15) is 0 Å². The molecule has 0 aliphatic carbocycles. The van der Waals surface area contributed by atoms with Crippen LogP contribution in [0, 0.1) is 13.8 Å². The van der Waals surface area contributed by atoms with Crippen LogP contribution in [0.25, 0.3) is 11.0 Å². The monoisotopic (exact) mass is 458 g/mol. The van der Waals surface area contributed by atoms with Crippen molar-refractivity contribution in [2.45, 2.75) is 24.8 Å². The van der Waals surface area contributed by atoms with Gasteiger partial charge < -0.3 is 15.2 Å². The van der Waals surface area contributed by atoms with E-state index < -0.39 is 0 Å². The molecular formula is C26H26N4O2S. The highest BCUT2D eigenvalue weighted by Gasteiger charge is 2.16. The second-order valence-electron chi connectivity index (χ2n) is 8.02. The molecule has 0 radical (unpaired) electrons. The molecule has 1 aromatic heterocycles. The standard InChI is InChI=1S/C26H26N4O2S/c1-17-7-6-8-18(2)24(17)29-23(31)15-30(3)25(32)20-13-11-19(12-14-20)16-33-26-27-21-9-4-5-10-22(21)28-26/h4-14H,15-16H2,1-3H3,(H,27,28)(H,29,31). The topological polar surface area (TPSA) is 78.1 Å². The van der Waals surface area contributed by atoms with Crippen molar-refractivity contribution >= 4 is 40.3 Å². The number of benzene rings is 3. The molecule has 2 N–H and O–H groups in total. The molecule has 4 aromatic rings. The Morgan fingerprint density at radius 3 is 2.36 bits per heavy atom. The van der Waals surface area contributed by atoms with Gasteiger partial charge in [-0.1, -0.05) is 54.2 Å². The summed E-state index contributed by atoms with van der Waals surface area (Å²) in [6.07, 6.45) is 0. The Morgan fingerprint density at radius 2 is 1.67 bits per heavy atom. The van der Waals surface area contributed by atoms with E-state index in [1.807, 2.05) is 68.4 Å². The first-order valence-corrected chi connectivity index (χ1v) is 11.7. The van der Waals surface area contributed by atoms with Gasteiger partial charge in [0.15, 0.2) is 5.16 Å². The molecule has 2 amide bonds. The van der Waals surface area contributed by atoms with Crippen LogP contribution in [0.2, 0.25) is 0 Å². The Bertz CT molecular complexity index is 1240. The number of fused-ring (bicyclic) bond motifs is 1. The van der Waals surface area contributed by atoms with Crippen molar-refractivity contribution in [3.8, 4) is 0 Å². The van der Waals surface area contributed by atoms with Crippen LogP contribution in [-0.4, -0.2) is 40.3 Å². The Balaban J connectivity index is 1.32. The first kappa shape index (κ1) is 22.6. The van der Waals surface area contributed by atoms with Gasteiger partial charge in [0.25, 0.3) is 5.91 Å². The summed E-state index contributed by atoms with van der Waals surface area (Å²) >= 11 is 1.62. The zero-order valence-corrected chi connectivity index (χ0v) is 19.7. The van der Waals surface area contributed by atoms with Gasteiger partial charge >= 0.3 is 0 Å². The number of nitrogens with one attached hydrogen (secondary N) is 2. The van der Waals surface area contributed by atoms with E-state index in [1.54, 1.807) is 30.9 Å². The van der Waals surface area contributed by atoms with Crippen LogP contribution >= 0.6 is 11.8 Å². The molecule has 0 saturated heterocycles. The van der Waals surface area contributed by atoms with E-state index in [1.165, 1.54) is 4.90 Å². The highest BCUT2D eigenvalue weighted by molar-refractivity contribution is 7.98. The number of para-hydroxylation sites is 3. The van der Waals surface area contributed by atoms with Crippen LogP contribution in [0.5, 0.6) is 0 Å². The van der Waals surface area contributed by atoms with Crippen molar-refractivity contribution in [3.63, 3.8) is 0 Å². The first-order valence-electron chi connectivity index (χ1n) is 10.7. The van der Waals surface area contributed by atoms with Gasteiger partial charge in [-0.3, -0.25) is 9.59 Å². The molecule has 0 fully saturated rings. The number of amides is 2. The number of hydrogen-bond donors (Lipinski definition) is 2. The number of imidazole rings is 1. The lowest BCUT2D eigenvalue weighted by atomic mass is 10.1. The smallest absolute Gasteiger partial charge is 0.254 e. The molecular weight excluding hydrogens is 432 g/mol. The van der Waals surface area contributed by atoms with Crippen LogP contribution in [0.1, 0.15) is 27.0 Å². The molecule has 0 atom stereocenters. The third-order valence-electron chi connectivity index (χ3n) is 5.42. The van der Waals surface area contributed by atoms with Crippen molar-refractivity contribution in [1.82, 2.24) is 14.9 Å². The van der Waals surface area contributed by atoms with Crippen molar-refractivity contribution in [3.05, 3.63) is 89.0 Å². The second kappa shape index (κ2) is 9.92. The van der Waals surface area contributed by atoms with Crippen molar-refractivity contribution in [2.75, 3.05) is 18.9 Å². The van der Waals surface area contributed by atoms with Gasteiger partial charge in [-0.2, -0.15) is 0 Å². The quantitative estimate of drug-likeness (QED) is 0.374.